The first kappa shape index (κ1) is 15.0. The van der Waals surface area contributed by atoms with Crippen molar-refractivity contribution >= 4 is 17.5 Å². The SMILES string of the molecule is CC1Oc2ccc(CC(=O)NCc3cccnc3)cc2NC1=O. The molecule has 0 bridgehead atoms. The van der Waals surface area contributed by atoms with Gasteiger partial charge in [-0.3, -0.25) is 14.6 Å². The van der Waals surface area contributed by atoms with Crippen LogP contribution in [-0.4, -0.2) is 22.9 Å². The van der Waals surface area contributed by atoms with Crippen molar-refractivity contribution in [3.8, 4) is 5.75 Å². The van der Waals surface area contributed by atoms with E-state index in [2.05, 4.69) is 15.6 Å². The van der Waals surface area contributed by atoms with E-state index in [1.54, 1.807) is 31.5 Å². The number of pyridine rings is 1. The van der Waals surface area contributed by atoms with E-state index < -0.39 is 6.10 Å². The van der Waals surface area contributed by atoms with Gasteiger partial charge in [0.05, 0.1) is 12.1 Å². The molecule has 0 aliphatic carbocycles. The molecule has 2 aromatic rings. The third kappa shape index (κ3) is 3.66. The van der Waals surface area contributed by atoms with E-state index in [1.807, 2.05) is 18.2 Å². The number of ether oxygens (including phenoxy) is 1. The van der Waals surface area contributed by atoms with E-state index in [0.717, 1.165) is 11.1 Å². The van der Waals surface area contributed by atoms with Crippen molar-refractivity contribution in [2.45, 2.75) is 26.0 Å². The molecule has 3 rings (SSSR count). The van der Waals surface area contributed by atoms with Crippen molar-refractivity contribution in [2.75, 3.05) is 5.32 Å². The van der Waals surface area contributed by atoms with Crippen molar-refractivity contribution in [3.63, 3.8) is 0 Å². The van der Waals surface area contributed by atoms with Crippen molar-refractivity contribution in [2.24, 2.45) is 0 Å². The zero-order chi connectivity index (χ0) is 16.2. The molecule has 0 saturated carbocycles. The van der Waals surface area contributed by atoms with Gasteiger partial charge >= 0.3 is 0 Å². The van der Waals surface area contributed by atoms with Gasteiger partial charge in [0.25, 0.3) is 5.91 Å². The Hall–Kier alpha value is -2.89. The number of amides is 2. The Kier molecular flexibility index (Phi) is 4.23. The highest BCUT2D eigenvalue weighted by Gasteiger charge is 2.23. The molecule has 1 atom stereocenters. The first-order valence-electron chi connectivity index (χ1n) is 7.38. The summed E-state index contributed by atoms with van der Waals surface area (Å²) in [6, 6.07) is 9.10. The zero-order valence-electron chi connectivity index (χ0n) is 12.7. The largest absolute Gasteiger partial charge is 0.479 e. The molecular formula is C17H17N3O3. The van der Waals surface area contributed by atoms with Crippen LogP contribution >= 0.6 is 0 Å². The fraction of sp³-hybridized carbons (Fsp3) is 0.235. The lowest BCUT2D eigenvalue weighted by molar-refractivity contribution is -0.122. The number of hydrogen-bond donors (Lipinski definition) is 2. The van der Waals surface area contributed by atoms with E-state index in [0.29, 0.717) is 18.0 Å². The molecule has 6 nitrogen and oxygen atoms in total. The maximum atomic E-state index is 12.0. The molecule has 1 unspecified atom stereocenters. The fourth-order valence-corrected chi connectivity index (χ4v) is 2.32. The average molecular weight is 311 g/mol. The van der Waals surface area contributed by atoms with Gasteiger partial charge in [-0.05, 0) is 36.2 Å². The van der Waals surface area contributed by atoms with Gasteiger partial charge in [0, 0.05) is 18.9 Å². The second kappa shape index (κ2) is 6.48. The summed E-state index contributed by atoms with van der Waals surface area (Å²) in [4.78, 5) is 27.7. The highest BCUT2D eigenvalue weighted by Crippen LogP contribution is 2.30. The third-order valence-corrected chi connectivity index (χ3v) is 3.55. The van der Waals surface area contributed by atoms with Crippen LogP contribution in [0.1, 0.15) is 18.1 Å². The topological polar surface area (TPSA) is 80.3 Å². The van der Waals surface area contributed by atoms with E-state index in [-0.39, 0.29) is 18.2 Å². The van der Waals surface area contributed by atoms with Crippen LogP contribution < -0.4 is 15.4 Å². The molecule has 1 aliphatic rings. The molecule has 2 heterocycles. The number of rotatable bonds is 4. The summed E-state index contributed by atoms with van der Waals surface area (Å²) in [5, 5.41) is 5.62. The number of fused-ring (bicyclic) bond motifs is 1. The van der Waals surface area contributed by atoms with Gasteiger partial charge in [-0.1, -0.05) is 12.1 Å². The van der Waals surface area contributed by atoms with E-state index in [4.69, 9.17) is 4.74 Å². The number of aromatic nitrogens is 1. The fourth-order valence-electron chi connectivity index (χ4n) is 2.32. The molecule has 23 heavy (non-hydrogen) atoms. The average Bonchev–Trinajstić information content (AvgIpc) is 2.55. The monoisotopic (exact) mass is 311 g/mol. The minimum atomic E-state index is -0.504. The minimum absolute atomic E-state index is 0.0924. The third-order valence-electron chi connectivity index (χ3n) is 3.55. The Bertz CT molecular complexity index is 731. The smallest absolute Gasteiger partial charge is 0.265 e. The highest BCUT2D eigenvalue weighted by molar-refractivity contribution is 5.97. The van der Waals surface area contributed by atoms with Gasteiger partial charge in [-0.2, -0.15) is 0 Å². The number of benzene rings is 1. The van der Waals surface area contributed by atoms with Gasteiger partial charge < -0.3 is 15.4 Å². The molecule has 1 aromatic heterocycles. The molecule has 1 aromatic carbocycles. The molecule has 6 heteroatoms. The van der Waals surface area contributed by atoms with Crippen molar-refractivity contribution < 1.29 is 14.3 Å². The molecule has 0 radical (unpaired) electrons. The van der Waals surface area contributed by atoms with Crippen LogP contribution in [0.4, 0.5) is 5.69 Å². The summed E-state index contributed by atoms with van der Waals surface area (Å²) >= 11 is 0. The van der Waals surface area contributed by atoms with Crippen LogP contribution in [0.3, 0.4) is 0 Å². The Morgan fingerprint density at radius 2 is 2.22 bits per heavy atom. The normalized spacial score (nSPS) is 16.0. The first-order valence-corrected chi connectivity index (χ1v) is 7.38. The standard InChI is InChI=1S/C17H17N3O3/c1-11-17(22)20-14-7-12(4-5-15(14)23-11)8-16(21)19-10-13-3-2-6-18-9-13/h2-7,9,11H,8,10H2,1H3,(H,19,21)(H,20,22). The zero-order valence-corrected chi connectivity index (χ0v) is 12.7. The molecule has 2 amide bonds. The number of anilines is 1. The Labute approximate surface area is 133 Å². The maximum absolute atomic E-state index is 12.0. The molecular weight excluding hydrogens is 294 g/mol. The molecule has 1 aliphatic heterocycles. The predicted molar refractivity (Wildman–Crippen MR) is 84.9 cm³/mol. The highest BCUT2D eigenvalue weighted by atomic mass is 16.5. The quantitative estimate of drug-likeness (QED) is 0.900. The van der Waals surface area contributed by atoms with Crippen molar-refractivity contribution in [1.29, 1.82) is 0 Å². The molecule has 2 N–H and O–H groups in total. The summed E-state index contributed by atoms with van der Waals surface area (Å²) in [6.07, 6.45) is 3.14. The van der Waals surface area contributed by atoms with Crippen LogP contribution in [0.25, 0.3) is 0 Å². The van der Waals surface area contributed by atoms with Crippen LogP contribution in [0.15, 0.2) is 42.7 Å². The first-order chi connectivity index (χ1) is 11.1. The maximum Gasteiger partial charge on any atom is 0.265 e. The van der Waals surface area contributed by atoms with Gasteiger partial charge in [0.2, 0.25) is 5.91 Å². The number of nitrogens with one attached hydrogen (secondary N) is 2. The second-order valence-electron chi connectivity index (χ2n) is 5.39. The summed E-state index contributed by atoms with van der Waals surface area (Å²) < 4.78 is 5.49. The lowest BCUT2D eigenvalue weighted by Gasteiger charge is -2.23. The second-order valence-corrected chi connectivity index (χ2v) is 5.39. The summed E-state index contributed by atoms with van der Waals surface area (Å²) in [5.41, 5.74) is 2.36. The van der Waals surface area contributed by atoms with Crippen molar-refractivity contribution in [3.05, 3.63) is 53.9 Å². The summed E-state index contributed by atoms with van der Waals surface area (Å²) in [5.74, 6) is 0.345. The Morgan fingerprint density at radius 1 is 1.35 bits per heavy atom. The van der Waals surface area contributed by atoms with E-state index in [1.165, 1.54) is 0 Å². The van der Waals surface area contributed by atoms with Crippen LogP contribution in [0.2, 0.25) is 0 Å². The van der Waals surface area contributed by atoms with E-state index >= 15 is 0 Å². The number of nitrogens with zero attached hydrogens (tertiary/aromatic N) is 1. The molecule has 118 valence electrons. The lowest BCUT2D eigenvalue weighted by Crippen LogP contribution is -2.34. The number of hydrogen-bond acceptors (Lipinski definition) is 4. The van der Waals surface area contributed by atoms with Crippen LogP contribution in [0.5, 0.6) is 5.75 Å². The number of carbonyl (C=O) groups is 2. The summed E-state index contributed by atoms with van der Waals surface area (Å²) in [7, 11) is 0. The lowest BCUT2D eigenvalue weighted by atomic mass is 10.1. The predicted octanol–water partition coefficient (Wildman–Crippen LogP) is 1.66. The van der Waals surface area contributed by atoms with Crippen molar-refractivity contribution in [1.82, 2.24) is 10.3 Å². The van der Waals surface area contributed by atoms with Crippen LogP contribution in [0, 0.1) is 0 Å². The summed E-state index contributed by atoms with van der Waals surface area (Å²) in [6.45, 7) is 2.13. The van der Waals surface area contributed by atoms with Gasteiger partial charge in [0.15, 0.2) is 6.10 Å². The molecule has 0 spiro atoms. The van der Waals surface area contributed by atoms with E-state index in [9.17, 15) is 9.59 Å². The Morgan fingerprint density at radius 3 is 3.00 bits per heavy atom. The molecule has 0 saturated heterocycles. The van der Waals surface area contributed by atoms with Gasteiger partial charge in [-0.15, -0.1) is 0 Å². The minimum Gasteiger partial charge on any atom is -0.479 e. The van der Waals surface area contributed by atoms with Gasteiger partial charge in [0.1, 0.15) is 5.75 Å². The van der Waals surface area contributed by atoms with Gasteiger partial charge in [-0.25, -0.2) is 0 Å². The van der Waals surface area contributed by atoms with Crippen LogP contribution in [-0.2, 0) is 22.6 Å². The number of carbonyl (C=O) groups excluding carboxylic acids is 2. The molecule has 0 fully saturated rings. The Balaban J connectivity index is 1.61.